The number of phenolic OH excluding ortho intramolecular Hbond substituents is 1. The zero-order chi connectivity index (χ0) is 14.0. The lowest BCUT2D eigenvalue weighted by atomic mass is 9.85. The summed E-state index contributed by atoms with van der Waals surface area (Å²) in [6.45, 7) is 8.11. The molecule has 1 atom stereocenters. The van der Waals surface area contributed by atoms with Crippen molar-refractivity contribution in [2.24, 2.45) is 16.6 Å². The van der Waals surface area contributed by atoms with Crippen LogP contribution in [0.25, 0.3) is 0 Å². The van der Waals surface area contributed by atoms with Gasteiger partial charge >= 0.3 is 0 Å². The monoisotopic (exact) mass is 261 g/mol. The largest absolute Gasteiger partial charge is 0.508 e. The van der Waals surface area contributed by atoms with Crippen LogP contribution in [0, 0.1) is 5.92 Å². The molecule has 0 bridgehead atoms. The van der Waals surface area contributed by atoms with Crippen LogP contribution >= 0.6 is 0 Å². The van der Waals surface area contributed by atoms with Crippen LogP contribution in [0.2, 0.25) is 0 Å². The second kappa shape index (κ2) is 5.11. The Labute approximate surface area is 114 Å². The molecule has 1 heterocycles. The standard InChI is InChI=1S/C15H23N3O/c1-4-15(12-5-7-13(19)8-6-12)10-17-14(16)18(15)9-11(2)3/h5-8,11,19H,4,9-10H2,1-3H3,(H2,16,17). The van der Waals surface area contributed by atoms with E-state index in [2.05, 4.69) is 30.7 Å². The van der Waals surface area contributed by atoms with Crippen molar-refractivity contribution in [1.82, 2.24) is 4.90 Å². The van der Waals surface area contributed by atoms with E-state index in [4.69, 9.17) is 5.73 Å². The topological polar surface area (TPSA) is 61.9 Å². The first-order chi connectivity index (χ1) is 8.99. The Kier molecular flexibility index (Phi) is 3.69. The Balaban J connectivity index is 2.39. The minimum Gasteiger partial charge on any atom is -0.508 e. The first-order valence-electron chi connectivity index (χ1n) is 6.86. The van der Waals surface area contributed by atoms with Crippen LogP contribution in [0.5, 0.6) is 5.75 Å². The molecule has 104 valence electrons. The maximum absolute atomic E-state index is 9.45. The van der Waals surface area contributed by atoms with E-state index < -0.39 is 0 Å². The summed E-state index contributed by atoms with van der Waals surface area (Å²) in [4.78, 5) is 6.66. The minimum absolute atomic E-state index is 0.165. The van der Waals surface area contributed by atoms with Crippen LogP contribution < -0.4 is 5.73 Å². The fourth-order valence-corrected chi connectivity index (χ4v) is 2.76. The molecule has 3 N–H and O–H groups in total. The number of rotatable bonds is 4. The summed E-state index contributed by atoms with van der Waals surface area (Å²) in [5.41, 5.74) is 7.07. The molecule has 1 aromatic carbocycles. The molecule has 1 aliphatic rings. The minimum atomic E-state index is -0.165. The molecule has 0 saturated carbocycles. The van der Waals surface area contributed by atoms with E-state index in [1.807, 2.05) is 12.1 Å². The van der Waals surface area contributed by atoms with Gasteiger partial charge in [-0.15, -0.1) is 0 Å². The van der Waals surface area contributed by atoms with Crippen molar-refractivity contribution in [3.63, 3.8) is 0 Å². The molecular weight excluding hydrogens is 238 g/mol. The van der Waals surface area contributed by atoms with Crippen molar-refractivity contribution in [1.29, 1.82) is 0 Å². The van der Waals surface area contributed by atoms with Gasteiger partial charge < -0.3 is 15.7 Å². The van der Waals surface area contributed by atoms with Crippen molar-refractivity contribution >= 4 is 5.96 Å². The molecule has 0 radical (unpaired) electrons. The van der Waals surface area contributed by atoms with Gasteiger partial charge in [-0.05, 0) is 30.0 Å². The van der Waals surface area contributed by atoms with E-state index in [0.717, 1.165) is 18.5 Å². The van der Waals surface area contributed by atoms with Gasteiger partial charge in [0.05, 0.1) is 12.1 Å². The van der Waals surface area contributed by atoms with Gasteiger partial charge in [-0.1, -0.05) is 32.9 Å². The van der Waals surface area contributed by atoms with E-state index in [1.165, 1.54) is 0 Å². The van der Waals surface area contributed by atoms with Crippen molar-refractivity contribution in [3.05, 3.63) is 29.8 Å². The molecule has 0 fully saturated rings. The summed E-state index contributed by atoms with van der Waals surface area (Å²) < 4.78 is 0. The highest BCUT2D eigenvalue weighted by Gasteiger charge is 2.42. The van der Waals surface area contributed by atoms with Gasteiger partial charge in [0.15, 0.2) is 5.96 Å². The summed E-state index contributed by atoms with van der Waals surface area (Å²) in [5, 5.41) is 9.45. The number of hydrogen-bond acceptors (Lipinski definition) is 4. The highest BCUT2D eigenvalue weighted by Crippen LogP contribution is 2.37. The van der Waals surface area contributed by atoms with Crippen LogP contribution in [-0.2, 0) is 5.54 Å². The number of benzene rings is 1. The lowest BCUT2D eigenvalue weighted by Crippen LogP contribution is -2.50. The molecule has 4 heteroatoms. The van der Waals surface area contributed by atoms with Gasteiger partial charge in [-0.2, -0.15) is 0 Å². The van der Waals surface area contributed by atoms with E-state index in [0.29, 0.717) is 18.4 Å². The van der Waals surface area contributed by atoms with Crippen molar-refractivity contribution in [2.45, 2.75) is 32.7 Å². The van der Waals surface area contributed by atoms with Crippen LogP contribution in [0.15, 0.2) is 29.3 Å². The number of aliphatic imine (C=N–C) groups is 1. The molecular formula is C15H23N3O. The highest BCUT2D eigenvalue weighted by molar-refractivity contribution is 5.81. The molecule has 0 aromatic heterocycles. The predicted molar refractivity (Wildman–Crippen MR) is 78.1 cm³/mol. The number of hydrogen-bond donors (Lipinski definition) is 2. The van der Waals surface area contributed by atoms with Crippen molar-refractivity contribution in [3.8, 4) is 5.75 Å². The molecule has 0 saturated heterocycles. The van der Waals surface area contributed by atoms with Gasteiger partial charge in [-0.25, -0.2) is 0 Å². The zero-order valence-electron chi connectivity index (χ0n) is 11.9. The number of aromatic hydroxyl groups is 1. The third kappa shape index (κ3) is 2.39. The Bertz CT molecular complexity index is 467. The summed E-state index contributed by atoms with van der Waals surface area (Å²) in [6, 6.07) is 7.41. The lowest BCUT2D eigenvalue weighted by Gasteiger charge is -2.40. The molecule has 4 nitrogen and oxygen atoms in total. The molecule has 0 aliphatic carbocycles. The normalized spacial score (nSPS) is 22.9. The Hall–Kier alpha value is -1.71. The first kappa shape index (κ1) is 13.7. The molecule has 2 rings (SSSR count). The summed E-state index contributed by atoms with van der Waals surface area (Å²) in [7, 11) is 0. The Morgan fingerprint density at radius 1 is 1.37 bits per heavy atom. The van der Waals surface area contributed by atoms with Crippen molar-refractivity contribution in [2.75, 3.05) is 13.1 Å². The maximum Gasteiger partial charge on any atom is 0.192 e. The number of nitrogens with two attached hydrogens (primary N) is 1. The SMILES string of the molecule is CCC1(c2ccc(O)cc2)CN=C(N)N1CC(C)C. The summed E-state index contributed by atoms with van der Waals surface area (Å²) >= 11 is 0. The average molecular weight is 261 g/mol. The second-order valence-electron chi connectivity index (χ2n) is 5.61. The Morgan fingerprint density at radius 2 is 2.00 bits per heavy atom. The highest BCUT2D eigenvalue weighted by atomic mass is 16.3. The molecule has 0 spiro atoms. The first-order valence-corrected chi connectivity index (χ1v) is 6.86. The average Bonchev–Trinajstić information content (AvgIpc) is 2.69. The van der Waals surface area contributed by atoms with Crippen LogP contribution in [-0.4, -0.2) is 29.1 Å². The zero-order valence-corrected chi connectivity index (χ0v) is 11.9. The van der Waals surface area contributed by atoms with Crippen LogP contribution in [0.1, 0.15) is 32.8 Å². The summed E-state index contributed by atoms with van der Waals surface area (Å²) in [5.74, 6) is 1.44. The van der Waals surface area contributed by atoms with Gasteiger partial charge in [0, 0.05) is 6.54 Å². The Morgan fingerprint density at radius 3 is 2.53 bits per heavy atom. The maximum atomic E-state index is 9.45. The fraction of sp³-hybridized carbons (Fsp3) is 0.533. The molecule has 0 amide bonds. The molecule has 1 aromatic rings. The van der Waals surface area contributed by atoms with Crippen LogP contribution in [0.3, 0.4) is 0 Å². The van der Waals surface area contributed by atoms with E-state index in [9.17, 15) is 5.11 Å². The van der Waals surface area contributed by atoms with Gasteiger partial charge in [0.25, 0.3) is 0 Å². The number of nitrogens with zero attached hydrogens (tertiary/aromatic N) is 2. The number of phenols is 1. The lowest BCUT2D eigenvalue weighted by molar-refractivity contribution is 0.176. The molecule has 19 heavy (non-hydrogen) atoms. The fourth-order valence-electron chi connectivity index (χ4n) is 2.76. The number of guanidine groups is 1. The van der Waals surface area contributed by atoms with E-state index in [-0.39, 0.29) is 11.3 Å². The van der Waals surface area contributed by atoms with Gasteiger partial charge in [0.1, 0.15) is 5.75 Å². The predicted octanol–water partition coefficient (Wildman–Crippen LogP) is 2.28. The van der Waals surface area contributed by atoms with Crippen LogP contribution in [0.4, 0.5) is 0 Å². The van der Waals surface area contributed by atoms with E-state index in [1.54, 1.807) is 12.1 Å². The smallest absolute Gasteiger partial charge is 0.192 e. The second-order valence-corrected chi connectivity index (χ2v) is 5.61. The van der Waals surface area contributed by atoms with Gasteiger partial charge in [0.2, 0.25) is 0 Å². The molecule has 1 aliphatic heterocycles. The quantitative estimate of drug-likeness (QED) is 0.874. The van der Waals surface area contributed by atoms with E-state index >= 15 is 0 Å². The third-order valence-corrected chi connectivity index (χ3v) is 3.83. The molecule has 1 unspecified atom stereocenters. The summed E-state index contributed by atoms with van der Waals surface area (Å²) in [6.07, 6.45) is 0.939. The third-order valence-electron chi connectivity index (χ3n) is 3.83. The van der Waals surface area contributed by atoms with Crippen molar-refractivity contribution < 1.29 is 5.11 Å². The van der Waals surface area contributed by atoms with Gasteiger partial charge in [-0.3, -0.25) is 4.99 Å².